The number of phenolic OH excluding ortho intramolecular Hbond substituents is 1. The summed E-state index contributed by atoms with van der Waals surface area (Å²) >= 11 is 0. The predicted octanol–water partition coefficient (Wildman–Crippen LogP) is 2.93. The number of aromatic hydroxyl groups is 1. The molecule has 6 nitrogen and oxygen atoms in total. The molecule has 0 bridgehead atoms. The van der Waals surface area contributed by atoms with Crippen LogP contribution in [-0.2, 0) is 9.59 Å². The Labute approximate surface area is 145 Å². The van der Waals surface area contributed by atoms with Crippen LogP contribution in [0.1, 0.15) is 36.4 Å². The van der Waals surface area contributed by atoms with Gasteiger partial charge >= 0.3 is 5.97 Å². The number of hydrazone groups is 1. The molecular formula is C19H18N2O4. The minimum absolute atomic E-state index is 0.0908. The van der Waals surface area contributed by atoms with E-state index < -0.39 is 12.0 Å². The molecule has 1 aliphatic heterocycles. The Hall–Kier alpha value is -3.15. The molecule has 3 rings (SSSR count). The molecule has 6 heteroatoms. The number of carboxylic acids is 1. The van der Waals surface area contributed by atoms with Gasteiger partial charge in [-0.15, -0.1) is 0 Å². The van der Waals surface area contributed by atoms with Gasteiger partial charge in [-0.05, 0) is 11.6 Å². The lowest BCUT2D eigenvalue weighted by Gasteiger charge is -2.22. The van der Waals surface area contributed by atoms with Gasteiger partial charge in [-0.3, -0.25) is 9.59 Å². The average Bonchev–Trinajstić information content (AvgIpc) is 3.06. The monoisotopic (exact) mass is 338 g/mol. The third-order valence-corrected chi connectivity index (χ3v) is 4.12. The van der Waals surface area contributed by atoms with Crippen molar-refractivity contribution < 1.29 is 19.8 Å². The van der Waals surface area contributed by atoms with Gasteiger partial charge in [-0.1, -0.05) is 48.5 Å². The second-order valence-corrected chi connectivity index (χ2v) is 5.82. The van der Waals surface area contributed by atoms with Gasteiger partial charge in [-0.25, -0.2) is 5.01 Å². The fraction of sp³-hybridized carbons (Fsp3) is 0.211. The molecule has 1 unspecified atom stereocenters. The molecule has 0 aromatic heterocycles. The highest BCUT2D eigenvalue weighted by Gasteiger charge is 2.34. The Morgan fingerprint density at radius 1 is 1.04 bits per heavy atom. The Morgan fingerprint density at radius 3 is 2.40 bits per heavy atom. The Balaban J connectivity index is 1.92. The predicted molar refractivity (Wildman–Crippen MR) is 92.2 cm³/mol. The fourth-order valence-corrected chi connectivity index (χ4v) is 2.89. The lowest BCUT2D eigenvalue weighted by Crippen LogP contribution is -2.27. The van der Waals surface area contributed by atoms with Gasteiger partial charge < -0.3 is 10.2 Å². The average molecular weight is 338 g/mol. The van der Waals surface area contributed by atoms with E-state index in [9.17, 15) is 14.7 Å². The zero-order valence-corrected chi connectivity index (χ0v) is 13.5. The van der Waals surface area contributed by atoms with E-state index in [1.54, 1.807) is 24.3 Å². The second kappa shape index (κ2) is 7.17. The van der Waals surface area contributed by atoms with Crippen LogP contribution in [0, 0.1) is 0 Å². The number of rotatable bonds is 5. The first-order valence-electron chi connectivity index (χ1n) is 8.01. The second-order valence-electron chi connectivity index (χ2n) is 5.82. The molecule has 128 valence electrons. The summed E-state index contributed by atoms with van der Waals surface area (Å²) in [4.78, 5) is 23.3. The third kappa shape index (κ3) is 3.68. The van der Waals surface area contributed by atoms with Crippen LogP contribution < -0.4 is 0 Å². The number of nitrogens with zero attached hydrogens (tertiary/aromatic N) is 2. The molecule has 0 saturated carbocycles. The van der Waals surface area contributed by atoms with Crippen molar-refractivity contribution in [3.8, 4) is 5.75 Å². The first kappa shape index (κ1) is 16.7. The van der Waals surface area contributed by atoms with E-state index in [4.69, 9.17) is 5.11 Å². The van der Waals surface area contributed by atoms with Gasteiger partial charge in [0, 0.05) is 18.4 Å². The van der Waals surface area contributed by atoms with E-state index in [1.165, 1.54) is 5.01 Å². The van der Waals surface area contributed by atoms with Crippen LogP contribution in [0.2, 0.25) is 0 Å². The summed E-state index contributed by atoms with van der Waals surface area (Å²) in [7, 11) is 0. The minimum Gasteiger partial charge on any atom is -0.508 e. The van der Waals surface area contributed by atoms with Crippen LogP contribution in [0.4, 0.5) is 0 Å². The van der Waals surface area contributed by atoms with E-state index in [0.29, 0.717) is 12.0 Å². The fourth-order valence-electron chi connectivity index (χ4n) is 2.89. The first-order chi connectivity index (χ1) is 12.1. The maximum absolute atomic E-state index is 12.5. The molecule has 0 fully saturated rings. The van der Waals surface area contributed by atoms with E-state index in [2.05, 4.69) is 5.10 Å². The first-order valence-corrected chi connectivity index (χ1v) is 8.01. The van der Waals surface area contributed by atoms with Crippen LogP contribution in [-0.4, -0.2) is 32.8 Å². The zero-order chi connectivity index (χ0) is 17.8. The summed E-state index contributed by atoms with van der Waals surface area (Å²) in [6.07, 6.45) is 0.0738. The Morgan fingerprint density at radius 2 is 1.72 bits per heavy atom. The van der Waals surface area contributed by atoms with Crippen LogP contribution >= 0.6 is 0 Å². The van der Waals surface area contributed by atoms with E-state index >= 15 is 0 Å². The van der Waals surface area contributed by atoms with Crippen LogP contribution in [0.25, 0.3) is 0 Å². The number of hydrogen-bond donors (Lipinski definition) is 2. The van der Waals surface area contributed by atoms with Crippen molar-refractivity contribution in [1.82, 2.24) is 5.01 Å². The standard InChI is InChI=1S/C19H18N2O4/c22-17-9-5-4-8-14(17)16-12-15(13-6-2-1-3-7-13)20-21(16)18(23)10-11-19(24)25/h1-9,16,22H,10-12H2,(H,24,25). The number of para-hydroxylation sites is 1. The summed E-state index contributed by atoms with van der Waals surface area (Å²) in [6.45, 7) is 0. The minimum atomic E-state index is -1.03. The Kier molecular flexibility index (Phi) is 4.79. The summed E-state index contributed by atoms with van der Waals surface area (Å²) in [5.74, 6) is -1.31. The zero-order valence-electron chi connectivity index (χ0n) is 13.5. The highest BCUT2D eigenvalue weighted by Crippen LogP contribution is 2.37. The molecule has 25 heavy (non-hydrogen) atoms. The molecule has 0 spiro atoms. The summed E-state index contributed by atoms with van der Waals surface area (Å²) < 4.78 is 0. The van der Waals surface area contributed by atoms with Gasteiger partial charge in [0.1, 0.15) is 5.75 Å². The number of benzene rings is 2. The number of carbonyl (C=O) groups is 2. The van der Waals surface area contributed by atoms with E-state index in [1.807, 2.05) is 30.3 Å². The highest BCUT2D eigenvalue weighted by atomic mass is 16.4. The maximum Gasteiger partial charge on any atom is 0.303 e. The van der Waals surface area contributed by atoms with Gasteiger partial charge in [0.25, 0.3) is 0 Å². The van der Waals surface area contributed by atoms with Crippen molar-refractivity contribution in [1.29, 1.82) is 0 Å². The van der Waals surface area contributed by atoms with Gasteiger partial charge in [0.2, 0.25) is 5.91 Å². The number of aliphatic carboxylic acids is 1. The van der Waals surface area contributed by atoms with E-state index in [-0.39, 0.29) is 24.5 Å². The van der Waals surface area contributed by atoms with Crippen LogP contribution in [0.15, 0.2) is 59.7 Å². The molecule has 1 aliphatic rings. The molecule has 0 saturated heterocycles. The number of carboxylic acid groups (broad SMARTS) is 1. The SMILES string of the molecule is O=C(O)CCC(=O)N1N=C(c2ccccc2)CC1c1ccccc1O. The largest absolute Gasteiger partial charge is 0.508 e. The van der Waals surface area contributed by atoms with Gasteiger partial charge in [0.15, 0.2) is 0 Å². The van der Waals surface area contributed by atoms with E-state index in [0.717, 1.165) is 11.3 Å². The Bertz CT molecular complexity index is 817. The lowest BCUT2D eigenvalue weighted by atomic mass is 9.97. The van der Waals surface area contributed by atoms with Crippen molar-refractivity contribution >= 4 is 17.6 Å². The third-order valence-electron chi connectivity index (χ3n) is 4.12. The topological polar surface area (TPSA) is 90.2 Å². The molecule has 0 radical (unpaired) electrons. The molecule has 2 N–H and O–H groups in total. The summed E-state index contributed by atoms with van der Waals surface area (Å²) in [6, 6.07) is 15.9. The van der Waals surface area contributed by atoms with Gasteiger partial charge in [-0.2, -0.15) is 5.10 Å². The number of carbonyl (C=O) groups excluding carboxylic acids is 1. The van der Waals surface area contributed by atoms with Crippen molar-refractivity contribution in [3.05, 3.63) is 65.7 Å². The highest BCUT2D eigenvalue weighted by molar-refractivity contribution is 6.03. The molecule has 1 heterocycles. The summed E-state index contributed by atoms with van der Waals surface area (Å²) in [5, 5.41) is 24.7. The smallest absolute Gasteiger partial charge is 0.303 e. The van der Waals surface area contributed by atoms with Crippen molar-refractivity contribution in [2.75, 3.05) is 0 Å². The van der Waals surface area contributed by atoms with Crippen LogP contribution in [0.5, 0.6) is 5.75 Å². The molecule has 2 aromatic carbocycles. The van der Waals surface area contributed by atoms with Crippen molar-refractivity contribution in [2.24, 2.45) is 5.10 Å². The lowest BCUT2D eigenvalue weighted by molar-refractivity contribution is -0.141. The maximum atomic E-state index is 12.5. The molecule has 1 amide bonds. The molecule has 0 aliphatic carbocycles. The number of hydrogen-bond acceptors (Lipinski definition) is 4. The van der Waals surface area contributed by atoms with Gasteiger partial charge in [0.05, 0.1) is 18.2 Å². The van der Waals surface area contributed by atoms with Crippen molar-refractivity contribution in [2.45, 2.75) is 25.3 Å². The quantitative estimate of drug-likeness (QED) is 0.877. The summed E-state index contributed by atoms with van der Waals surface area (Å²) in [5.41, 5.74) is 2.23. The normalized spacial score (nSPS) is 16.6. The number of phenols is 1. The molecule has 1 atom stereocenters. The van der Waals surface area contributed by atoms with Crippen molar-refractivity contribution in [3.63, 3.8) is 0 Å². The molecule has 2 aromatic rings. The molecular weight excluding hydrogens is 320 g/mol. The number of amides is 1. The van der Waals surface area contributed by atoms with Crippen LogP contribution in [0.3, 0.4) is 0 Å².